The summed E-state index contributed by atoms with van der Waals surface area (Å²) < 4.78 is 24.1. The van der Waals surface area contributed by atoms with Crippen LogP contribution in [0.3, 0.4) is 0 Å². The summed E-state index contributed by atoms with van der Waals surface area (Å²) >= 11 is 0. The van der Waals surface area contributed by atoms with Crippen molar-refractivity contribution in [2.24, 2.45) is 0 Å². The Labute approximate surface area is 104 Å². The molecular formula is C12H22N2O2S. The smallest absolute Gasteiger partial charge is 0.149 e. The second-order valence-corrected chi connectivity index (χ2v) is 6.59. The second kappa shape index (κ2) is 6.21. The molecule has 17 heavy (non-hydrogen) atoms. The van der Waals surface area contributed by atoms with Gasteiger partial charge in [-0.05, 0) is 24.6 Å². The number of nitrogens with zero attached hydrogens (tertiary/aromatic N) is 1. The maximum absolute atomic E-state index is 11.1. The molecule has 98 valence electrons. The lowest BCUT2D eigenvalue weighted by molar-refractivity contribution is 0.536. The molecule has 0 bridgehead atoms. The molecule has 1 N–H and O–H groups in total. The Morgan fingerprint density at radius 2 is 2.12 bits per heavy atom. The van der Waals surface area contributed by atoms with Crippen LogP contribution in [0.4, 0.5) is 0 Å². The van der Waals surface area contributed by atoms with Gasteiger partial charge >= 0.3 is 0 Å². The molecule has 0 spiro atoms. The Morgan fingerprint density at radius 3 is 2.65 bits per heavy atom. The topological polar surface area (TPSA) is 51.1 Å². The van der Waals surface area contributed by atoms with Crippen LogP contribution in [0.2, 0.25) is 0 Å². The SMILES string of the molecule is CCNC(CC)c1ccn(CCS(C)(=O)=O)c1. The maximum Gasteiger partial charge on any atom is 0.149 e. The van der Waals surface area contributed by atoms with Crippen molar-refractivity contribution in [3.63, 3.8) is 0 Å². The van der Waals surface area contributed by atoms with Crippen LogP contribution in [0, 0.1) is 0 Å². The average Bonchev–Trinajstić information content (AvgIpc) is 2.70. The molecule has 0 aliphatic carbocycles. The van der Waals surface area contributed by atoms with Gasteiger partial charge in [0.1, 0.15) is 9.84 Å². The summed E-state index contributed by atoms with van der Waals surface area (Å²) in [7, 11) is -2.89. The summed E-state index contributed by atoms with van der Waals surface area (Å²) in [5, 5.41) is 3.40. The molecule has 0 aliphatic heterocycles. The van der Waals surface area contributed by atoms with Crippen LogP contribution < -0.4 is 5.32 Å². The first-order valence-corrected chi connectivity index (χ1v) is 8.09. The minimum atomic E-state index is -2.89. The number of nitrogens with one attached hydrogen (secondary N) is 1. The molecule has 1 rings (SSSR count). The number of rotatable bonds is 7. The summed E-state index contributed by atoms with van der Waals surface area (Å²) in [5.41, 5.74) is 1.22. The zero-order valence-electron chi connectivity index (χ0n) is 10.8. The van der Waals surface area contributed by atoms with Crippen LogP contribution in [-0.4, -0.2) is 31.5 Å². The van der Waals surface area contributed by atoms with E-state index in [1.165, 1.54) is 11.8 Å². The monoisotopic (exact) mass is 258 g/mol. The van der Waals surface area contributed by atoms with Gasteiger partial charge in [-0.1, -0.05) is 13.8 Å². The Balaban J connectivity index is 2.64. The molecule has 1 unspecified atom stereocenters. The van der Waals surface area contributed by atoms with Crippen LogP contribution in [-0.2, 0) is 16.4 Å². The first-order chi connectivity index (χ1) is 7.96. The molecule has 1 aromatic rings. The third kappa shape index (κ3) is 4.91. The third-order valence-electron chi connectivity index (χ3n) is 2.75. The van der Waals surface area contributed by atoms with E-state index in [1.54, 1.807) is 0 Å². The molecule has 0 fully saturated rings. The van der Waals surface area contributed by atoms with Crippen LogP contribution >= 0.6 is 0 Å². The van der Waals surface area contributed by atoms with E-state index in [4.69, 9.17) is 0 Å². The number of hydrogen-bond donors (Lipinski definition) is 1. The fraction of sp³-hybridized carbons (Fsp3) is 0.667. The van der Waals surface area contributed by atoms with E-state index >= 15 is 0 Å². The minimum Gasteiger partial charge on any atom is -0.353 e. The van der Waals surface area contributed by atoms with Crippen LogP contribution in [0.25, 0.3) is 0 Å². The average molecular weight is 258 g/mol. The van der Waals surface area contributed by atoms with Crippen LogP contribution in [0.1, 0.15) is 31.9 Å². The van der Waals surface area contributed by atoms with E-state index in [-0.39, 0.29) is 5.75 Å². The standard InChI is InChI=1S/C12H22N2O2S/c1-4-12(13-5-2)11-6-7-14(10-11)8-9-17(3,15)16/h6-7,10,12-13H,4-5,8-9H2,1-3H3. The largest absolute Gasteiger partial charge is 0.353 e. The third-order valence-corrected chi connectivity index (χ3v) is 3.68. The predicted octanol–water partition coefficient (Wildman–Crippen LogP) is 1.59. The molecular weight excluding hydrogens is 236 g/mol. The zero-order chi connectivity index (χ0) is 12.9. The lowest BCUT2D eigenvalue weighted by Crippen LogP contribution is -2.19. The molecule has 0 saturated heterocycles. The molecule has 4 nitrogen and oxygen atoms in total. The van der Waals surface area contributed by atoms with Gasteiger partial charge < -0.3 is 9.88 Å². The second-order valence-electron chi connectivity index (χ2n) is 4.33. The van der Waals surface area contributed by atoms with Gasteiger partial charge in [0.2, 0.25) is 0 Å². The van der Waals surface area contributed by atoms with Crippen LogP contribution in [0.5, 0.6) is 0 Å². The van der Waals surface area contributed by atoms with E-state index in [0.717, 1.165) is 13.0 Å². The minimum absolute atomic E-state index is 0.194. The van der Waals surface area contributed by atoms with Crippen molar-refractivity contribution in [3.05, 3.63) is 24.0 Å². The van der Waals surface area contributed by atoms with Crippen molar-refractivity contribution in [1.82, 2.24) is 9.88 Å². The highest BCUT2D eigenvalue weighted by atomic mass is 32.2. The van der Waals surface area contributed by atoms with Gasteiger partial charge in [0.05, 0.1) is 5.75 Å². The van der Waals surface area contributed by atoms with Gasteiger partial charge in [-0.25, -0.2) is 8.42 Å². The van der Waals surface area contributed by atoms with Crippen LogP contribution in [0.15, 0.2) is 18.5 Å². The fourth-order valence-corrected chi connectivity index (χ4v) is 2.36. The molecule has 1 aromatic heterocycles. The van der Waals surface area contributed by atoms with E-state index in [2.05, 4.69) is 25.2 Å². The molecule has 0 saturated carbocycles. The highest BCUT2D eigenvalue weighted by Gasteiger charge is 2.09. The number of sulfone groups is 1. The number of hydrogen-bond acceptors (Lipinski definition) is 3. The van der Waals surface area contributed by atoms with Crippen molar-refractivity contribution in [2.75, 3.05) is 18.6 Å². The zero-order valence-corrected chi connectivity index (χ0v) is 11.6. The van der Waals surface area contributed by atoms with Crippen molar-refractivity contribution in [1.29, 1.82) is 0 Å². The molecule has 0 amide bonds. The Kier molecular flexibility index (Phi) is 5.21. The molecule has 0 radical (unpaired) electrons. The summed E-state index contributed by atoms with van der Waals surface area (Å²) in [4.78, 5) is 0. The summed E-state index contributed by atoms with van der Waals surface area (Å²) in [6.07, 6.45) is 6.28. The molecule has 5 heteroatoms. The Morgan fingerprint density at radius 1 is 1.41 bits per heavy atom. The van der Waals surface area contributed by atoms with Gasteiger partial charge in [-0.3, -0.25) is 0 Å². The quantitative estimate of drug-likeness (QED) is 0.808. The Hall–Kier alpha value is -0.810. The predicted molar refractivity (Wildman–Crippen MR) is 70.9 cm³/mol. The fourth-order valence-electron chi connectivity index (χ4n) is 1.82. The summed E-state index contributed by atoms with van der Waals surface area (Å²) in [5.74, 6) is 0.194. The van der Waals surface area contributed by atoms with Crippen molar-refractivity contribution in [3.8, 4) is 0 Å². The van der Waals surface area contributed by atoms with Gasteiger partial charge in [-0.2, -0.15) is 0 Å². The van der Waals surface area contributed by atoms with Crippen molar-refractivity contribution < 1.29 is 8.42 Å². The first kappa shape index (κ1) is 14.3. The highest BCUT2D eigenvalue weighted by molar-refractivity contribution is 7.90. The normalized spacial score (nSPS) is 13.8. The van der Waals surface area contributed by atoms with E-state index in [9.17, 15) is 8.42 Å². The lowest BCUT2D eigenvalue weighted by atomic mass is 10.1. The van der Waals surface area contributed by atoms with Crippen molar-refractivity contribution in [2.45, 2.75) is 32.9 Å². The van der Waals surface area contributed by atoms with E-state index in [0.29, 0.717) is 12.6 Å². The molecule has 1 atom stereocenters. The number of aromatic nitrogens is 1. The van der Waals surface area contributed by atoms with Gasteiger partial charge in [0.25, 0.3) is 0 Å². The highest BCUT2D eigenvalue weighted by Crippen LogP contribution is 2.16. The Bertz CT molecular complexity index is 437. The maximum atomic E-state index is 11.1. The first-order valence-electron chi connectivity index (χ1n) is 6.03. The van der Waals surface area contributed by atoms with Gasteiger partial charge in [0.15, 0.2) is 0 Å². The number of aryl methyl sites for hydroxylation is 1. The summed E-state index contributed by atoms with van der Waals surface area (Å²) in [6.45, 7) is 5.69. The molecule has 0 aliphatic rings. The molecule has 0 aromatic carbocycles. The molecule has 1 heterocycles. The van der Waals surface area contributed by atoms with E-state index < -0.39 is 9.84 Å². The summed E-state index contributed by atoms with van der Waals surface area (Å²) in [6, 6.07) is 2.42. The van der Waals surface area contributed by atoms with Crippen molar-refractivity contribution >= 4 is 9.84 Å². The van der Waals surface area contributed by atoms with Gasteiger partial charge in [-0.15, -0.1) is 0 Å². The van der Waals surface area contributed by atoms with E-state index in [1.807, 2.05) is 17.0 Å². The lowest BCUT2D eigenvalue weighted by Gasteiger charge is -2.13. The van der Waals surface area contributed by atoms with Gasteiger partial charge in [0, 0.05) is 31.2 Å².